The van der Waals surface area contributed by atoms with Crippen molar-refractivity contribution in [3.05, 3.63) is 86.7 Å². The van der Waals surface area contributed by atoms with Gasteiger partial charge in [0.15, 0.2) is 0 Å². The summed E-state index contributed by atoms with van der Waals surface area (Å²) in [7, 11) is 0. The van der Waals surface area contributed by atoms with Gasteiger partial charge in [-0.3, -0.25) is 14.3 Å². The molecule has 34 heavy (non-hydrogen) atoms. The molecule has 2 heterocycles. The molecular weight excluding hydrogens is 493 g/mol. The highest BCUT2D eigenvalue weighted by Crippen LogP contribution is 2.36. The lowest BCUT2D eigenvalue weighted by molar-refractivity contribution is -0.136. The second-order valence-corrected chi connectivity index (χ2v) is 9.53. The van der Waals surface area contributed by atoms with E-state index in [0.717, 1.165) is 33.0 Å². The second kappa shape index (κ2) is 10.4. The summed E-state index contributed by atoms with van der Waals surface area (Å²) >= 11 is 14.1. The Bertz CT molecular complexity index is 1310. The number of thiophene rings is 1. The molecule has 2 N–H and O–H groups in total. The van der Waals surface area contributed by atoms with Crippen molar-refractivity contribution in [2.24, 2.45) is 0 Å². The third-order valence-electron chi connectivity index (χ3n) is 5.25. The van der Waals surface area contributed by atoms with Gasteiger partial charge in [0.1, 0.15) is 0 Å². The predicted octanol–water partition coefficient (Wildman–Crippen LogP) is 6.15. The highest BCUT2D eigenvalue weighted by Gasteiger charge is 2.19. The molecule has 0 saturated carbocycles. The van der Waals surface area contributed by atoms with Crippen LogP contribution in [0.3, 0.4) is 0 Å². The number of hydrogen-bond donors (Lipinski definition) is 2. The third-order valence-corrected chi connectivity index (χ3v) is 6.57. The fraction of sp³-hybridized carbons (Fsp3) is 0.160. The minimum atomic E-state index is -0.953. The number of hydrogen-bond acceptors (Lipinski definition) is 4. The molecule has 0 aliphatic heterocycles. The van der Waals surface area contributed by atoms with Crippen molar-refractivity contribution in [2.45, 2.75) is 19.9 Å². The third kappa shape index (κ3) is 5.50. The number of halogens is 2. The van der Waals surface area contributed by atoms with Gasteiger partial charge < -0.3 is 10.4 Å². The number of aliphatic carboxylic acids is 1. The number of amides is 1. The van der Waals surface area contributed by atoms with Crippen molar-refractivity contribution >= 4 is 46.4 Å². The number of benzene rings is 2. The summed E-state index contributed by atoms with van der Waals surface area (Å²) in [5.41, 5.74) is 5.13. The normalized spacial score (nSPS) is 10.9. The molecule has 0 saturated heterocycles. The zero-order chi connectivity index (χ0) is 24.2. The molecule has 4 rings (SSSR count). The number of nitrogens with zero attached hydrogens (tertiary/aromatic N) is 2. The first-order valence-electron chi connectivity index (χ1n) is 10.5. The standard InChI is InChI=1S/C25H21Cl2N3O3S/c1-15-23(18-11-19(26)13-20(27)12-18)29-30(24(15)21-3-2-10-34-21)14-16-4-6-17(7-5-16)25(33)28-9-8-22(31)32/h2-7,10-13H,8-9,14H2,1H3,(H,28,33)(H,31,32). The Morgan fingerprint density at radius 3 is 2.41 bits per heavy atom. The Labute approximate surface area is 210 Å². The number of carbonyl (C=O) groups excluding carboxylic acids is 1. The molecule has 2 aromatic carbocycles. The molecule has 0 fully saturated rings. The van der Waals surface area contributed by atoms with E-state index in [4.69, 9.17) is 33.4 Å². The second-order valence-electron chi connectivity index (χ2n) is 7.71. The number of carboxylic acid groups (broad SMARTS) is 1. The maximum absolute atomic E-state index is 12.2. The summed E-state index contributed by atoms with van der Waals surface area (Å²) in [6, 6.07) is 16.7. The summed E-state index contributed by atoms with van der Waals surface area (Å²) in [5.74, 6) is -1.26. The van der Waals surface area contributed by atoms with Crippen LogP contribution in [-0.2, 0) is 11.3 Å². The fourth-order valence-corrected chi connectivity index (χ4v) is 5.03. The van der Waals surface area contributed by atoms with Crippen LogP contribution in [0, 0.1) is 6.92 Å². The van der Waals surface area contributed by atoms with Gasteiger partial charge in [-0.1, -0.05) is 41.4 Å². The molecule has 0 unspecified atom stereocenters. The Kier molecular flexibility index (Phi) is 7.36. The van der Waals surface area contributed by atoms with E-state index in [2.05, 4.69) is 11.4 Å². The van der Waals surface area contributed by atoms with Crippen LogP contribution in [-0.4, -0.2) is 33.3 Å². The molecule has 0 spiro atoms. The van der Waals surface area contributed by atoms with Crippen molar-refractivity contribution in [3.8, 4) is 21.8 Å². The Morgan fingerprint density at radius 2 is 1.79 bits per heavy atom. The fourth-order valence-electron chi connectivity index (χ4n) is 3.68. The Hall–Kier alpha value is -3.13. The minimum Gasteiger partial charge on any atom is -0.481 e. The van der Waals surface area contributed by atoms with E-state index in [1.807, 2.05) is 47.3 Å². The number of aromatic nitrogens is 2. The maximum atomic E-state index is 12.2. The van der Waals surface area contributed by atoms with E-state index >= 15 is 0 Å². The number of nitrogens with one attached hydrogen (secondary N) is 1. The van der Waals surface area contributed by atoms with Crippen molar-refractivity contribution in [1.82, 2.24) is 15.1 Å². The van der Waals surface area contributed by atoms with Crippen LogP contribution in [0.15, 0.2) is 60.0 Å². The smallest absolute Gasteiger partial charge is 0.305 e. The summed E-state index contributed by atoms with van der Waals surface area (Å²) < 4.78 is 1.95. The van der Waals surface area contributed by atoms with Crippen LogP contribution in [0.5, 0.6) is 0 Å². The van der Waals surface area contributed by atoms with Crippen LogP contribution in [0.25, 0.3) is 21.8 Å². The lowest BCUT2D eigenvalue weighted by Crippen LogP contribution is -2.25. The zero-order valence-electron chi connectivity index (χ0n) is 18.2. The van der Waals surface area contributed by atoms with Crippen LogP contribution in [0.1, 0.15) is 27.9 Å². The van der Waals surface area contributed by atoms with Crippen LogP contribution < -0.4 is 5.32 Å². The number of carbonyl (C=O) groups is 2. The molecule has 0 bridgehead atoms. The van der Waals surface area contributed by atoms with Crippen LogP contribution in [0.2, 0.25) is 10.0 Å². The molecule has 0 aliphatic carbocycles. The molecule has 1 amide bonds. The van der Waals surface area contributed by atoms with Gasteiger partial charge in [0.05, 0.1) is 29.2 Å². The van der Waals surface area contributed by atoms with Crippen LogP contribution in [0.4, 0.5) is 0 Å². The first kappa shape index (κ1) is 24.0. The van der Waals surface area contributed by atoms with Gasteiger partial charge in [-0.25, -0.2) is 0 Å². The molecule has 9 heteroatoms. The summed E-state index contributed by atoms with van der Waals surface area (Å²) in [4.78, 5) is 23.9. The number of carboxylic acids is 1. The summed E-state index contributed by atoms with van der Waals surface area (Å²) in [6.45, 7) is 2.62. The van der Waals surface area contributed by atoms with E-state index < -0.39 is 5.97 Å². The highest BCUT2D eigenvalue weighted by atomic mass is 35.5. The van der Waals surface area contributed by atoms with Gasteiger partial charge in [0.25, 0.3) is 5.91 Å². The van der Waals surface area contributed by atoms with Crippen molar-refractivity contribution < 1.29 is 14.7 Å². The van der Waals surface area contributed by atoms with E-state index in [9.17, 15) is 9.59 Å². The monoisotopic (exact) mass is 513 g/mol. The number of rotatable bonds is 8. The molecule has 0 radical (unpaired) electrons. The highest BCUT2D eigenvalue weighted by molar-refractivity contribution is 7.13. The average Bonchev–Trinajstić information content (AvgIpc) is 3.41. The summed E-state index contributed by atoms with van der Waals surface area (Å²) in [5, 5.41) is 19.3. The molecule has 6 nitrogen and oxygen atoms in total. The zero-order valence-corrected chi connectivity index (χ0v) is 20.5. The Morgan fingerprint density at radius 1 is 1.09 bits per heavy atom. The van der Waals surface area contributed by atoms with E-state index in [-0.39, 0.29) is 18.9 Å². The topological polar surface area (TPSA) is 84.2 Å². The average molecular weight is 514 g/mol. The quantitative estimate of drug-likeness (QED) is 0.296. The van der Waals surface area contributed by atoms with Gasteiger partial charge in [0, 0.05) is 33.3 Å². The first-order chi connectivity index (χ1) is 16.3. The van der Waals surface area contributed by atoms with Gasteiger partial charge in [-0.05, 0) is 54.3 Å². The van der Waals surface area contributed by atoms with Crippen molar-refractivity contribution in [1.29, 1.82) is 0 Å². The summed E-state index contributed by atoms with van der Waals surface area (Å²) in [6.07, 6.45) is -0.117. The van der Waals surface area contributed by atoms with Crippen molar-refractivity contribution in [2.75, 3.05) is 6.54 Å². The predicted molar refractivity (Wildman–Crippen MR) is 136 cm³/mol. The van der Waals surface area contributed by atoms with E-state index in [1.54, 1.807) is 29.5 Å². The molecule has 4 aromatic rings. The van der Waals surface area contributed by atoms with Gasteiger partial charge in [0.2, 0.25) is 0 Å². The molecular formula is C25H21Cl2N3O3S. The van der Waals surface area contributed by atoms with Gasteiger partial charge in [-0.2, -0.15) is 5.10 Å². The molecule has 174 valence electrons. The SMILES string of the molecule is Cc1c(-c2cc(Cl)cc(Cl)c2)nn(Cc2ccc(C(=O)NCCC(=O)O)cc2)c1-c1cccs1. The lowest BCUT2D eigenvalue weighted by Gasteiger charge is -2.09. The largest absolute Gasteiger partial charge is 0.481 e. The molecule has 0 atom stereocenters. The Balaban J connectivity index is 1.63. The molecule has 2 aromatic heterocycles. The van der Waals surface area contributed by atoms with E-state index in [1.165, 1.54) is 0 Å². The molecule has 0 aliphatic rings. The van der Waals surface area contributed by atoms with Gasteiger partial charge in [-0.15, -0.1) is 11.3 Å². The van der Waals surface area contributed by atoms with Crippen LogP contribution >= 0.6 is 34.5 Å². The van der Waals surface area contributed by atoms with E-state index in [0.29, 0.717) is 22.2 Å². The van der Waals surface area contributed by atoms with Crippen molar-refractivity contribution in [3.63, 3.8) is 0 Å². The lowest BCUT2D eigenvalue weighted by atomic mass is 10.1. The first-order valence-corrected chi connectivity index (χ1v) is 12.1. The van der Waals surface area contributed by atoms with Gasteiger partial charge >= 0.3 is 5.97 Å². The minimum absolute atomic E-state index is 0.0863. The maximum Gasteiger partial charge on any atom is 0.305 e.